The molecule has 0 radical (unpaired) electrons. The standard InChI is InChI=1S/C17H28N2O6SSi/c1-23-27(24-2,25-3)14-8-12-19-15-18(11-6-7-13-26(20,21)22)16-9-4-5-10-17(16)19/h4-5,9-10,15H,6-8,11-14H2,1-3H3/p+1. The summed E-state index contributed by atoms with van der Waals surface area (Å²) in [5.74, 6) is -0.204. The zero-order chi connectivity index (χ0) is 19.9. The van der Waals surface area contributed by atoms with Crippen molar-refractivity contribution < 1.29 is 30.8 Å². The Hall–Kier alpha value is -1.30. The first kappa shape index (κ1) is 22.0. The van der Waals surface area contributed by atoms with E-state index in [1.165, 1.54) is 0 Å². The Kier molecular flexibility index (Phi) is 7.95. The van der Waals surface area contributed by atoms with Crippen molar-refractivity contribution in [3.8, 4) is 0 Å². The number of fused-ring (bicyclic) bond motifs is 1. The van der Waals surface area contributed by atoms with Gasteiger partial charge in [0.1, 0.15) is 0 Å². The summed E-state index contributed by atoms with van der Waals surface area (Å²) in [6.45, 7) is 1.49. The Bertz CT molecular complexity index is 827. The molecule has 0 aliphatic rings. The van der Waals surface area contributed by atoms with Crippen molar-refractivity contribution in [1.29, 1.82) is 0 Å². The molecule has 2 rings (SSSR count). The smallest absolute Gasteiger partial charge is 0.377 e. The monoisotopic (exact) mass is 417 g/mol. The first-order valence-corrected chi connectivity index (χ1v) is 12.5. The lowest BCUT2D eigenvalue weighted by molar-refractivity contribution is -0.672. The fraction of sp³-hybridized carbons (Fsp3) is 0.588. The number of unbranched alkanes of at least 4 members (excludes halogenated alkanes) is 1. The molecule has 152 valence electrons. The molecular formula is C17H29N2O6SSi+. The number of hydrogen-bond acceptors (Lipinski definition) is 5. The molecule has 1 N–H and O–H groups in total. The summed E-state index contributed by atoms with van der Waals surface area (Å²) < 4.78 is 51.3. The van der Waals surface area contributed by atoms with Crippen molar-refractivity contribution in [2.45, 2.75) is 38.4 Å². The van der Waals surface area contributed by atoms with Gasteiger partial charge in [0.15, 0.2) is 11.0 Å². The average molecular weight is 418 g/mol. The van der Waals surface area contributed by atoms with Crippen LogP contribution in [0.2, 0.25) is 6.04 Å². The van der Waals surface area contributed by atoms with E-state index in [4.69, 9.17) is 17.8 Å². The molecule has 0 amide bonds. The van der Waals surface area contributed by atoms with E-state index in [1.54, 1.807) is 21.3 Å². The van der Waals surface area contributed by atoms with E-state index in [9.17, 15) is 8.42 Å². The van der Waals surface area contributed by atoms with Gasteiger partial charge in [0, 0.05) is 27.4 Å². The number of benzene rings is 1. The van der Waals surface area contributed by atoms with Gasteiger partial charge in [-0.3, -0.25) is 4.55 Å². The molecule has 0 spiro atoms. The van der Waals surface area contributed by atoms with Gasteiger partial charge in [-0.25, -0.2) is 9.13 Å². The molecule has 0 saturated heterocycles. The molecule has 0 bridgehead atoms. The summed E-state index contributed by atoms with van der Waals surface area (Å²) in [7, 11) is -1.62. The quantitative estimate of drug-likeness (QED) is 0.245. The molecule has 0 aliphatic heterocycles. The molecule has 0 unspecified atom stereocenters. The molecule has 1 aromatic carbocycles. The van der Waals surface area contributed by atoms with Crippen LogP contribution < -0.4 is 4.57 Å². The van der Waals surface area contributed by atoms with Crippen molar-refractivity contribution in [3.63, 3.8) is 0 Å². The van der Waals surface area contributed by atoms with Crippen molar-refractivity contribution in [2.24, 2.45) is 0 Å². The fourth-order valence-corrected chi connectivity index (χ4v) is 5.46. The van der Waals surface area contributed by atoms with Crippen LogP contribution in [0.4, 0.5) is 0 Å². The molecule has 0 atom stereocenters. The molecule has 0 fully saturated rings. The second-order valence-corrected chi connectivity index (χ2v) is 11.0. The van der Waals surface area contributed by atoms with Crippen LogP contribution in [0, 0.1) is 0 Å². The first-order chi connectivity index (χ1) is 12.8. The van der Waals surface area contributed by atoms with Crippen LogP contribution in [0.25, 0.3) is 11.0 Å². The SMILES string of the molecule is CO[Si](CCC[n+]1cn(CCCCS(=O)(=O)O)c2ccccc21)(OC)OC. The largest absolute Gasteiger partial charge is 0.500 e. The third kappa shape index (κ3) is 6.09. The molecule has 0 saturated carbocycles. The highest BCUT2D eigenvalue weighted by Crippen LogP contribution is 2.16. The minimum absolute atomic E-state index is 0.204. The minimum atomic E-state index is -3.90. The topological polar surface area (TPSA) is 90.9 Å². The third-order valence-corrected chi connectivity index (χ3v) is 8.28. The van der Waals surface area contributed by atoms with Crippen LogP contribution in [0.3, 0.4) is 0 Å². The third-order valence-electron chi connectivity index (χ3n) is 4.65. The lowest BCUT2D eigenvalue weighted by Gasteiger charge is -2.23. The van der Waals surface area contributed by atoms with Crippen LogP contribution in [0.1, 0.15) is 19.3 Å². The summed E-state index contributed by atoms with van der Waals surface area (Å²) >= 11 is 0. The van der Waals surface area contributed by atoms with Gasteiger partial charge in [0.05, 0.1) is 18.8 Å². The van der Waals surface area contributed by atoms with Gasteiger partial charge in [-0.2, -0.15) is 8.42 Å². The van der Waals surface area contributed by atoms with Gasteiger partial charge < -0.3 is 13.3 Å². The summed E-state index contributed by atoms with van der Waals surface area (Å²) in [6, 6.07) is 8.82. The predicted octanol–water partition coefficient (Wildman–Crippen LogP) is 1.86. The zero-order valence-corrected chi connectivity index (χ0v) is 17.9. The van der Waals surface area contributed by atoms with Crippen LogP contribution in [0.15, 0.2) is 30.6 Å². The lowest BCUT2D eigenvalue weighted by atomic mass is 10.3. The Morgan fingerprint density at radius 2 is 1.74 bits per heavy atom. The van der Waals surface area contributed by atoms with Crippen LogP contribution in [-0.4, -0.2) is 53.4 Å². The number of para-hydroxylation sites is 2. The molecule has 0 aliphatic carbocycles. The maximum Gasteiger partial charge on any atom is 0.500 e. The summed E-state index contributed by atoms with van der Waals surface area (Å²) in [4.78, 5) is 0. The summed E-state index contributed by atoms with van der Waals surface area (Å²) in [5.41, 5.74) is 2.21. The molecule has 1 heterocycles. The lowest BCUT2D eigenvalue weighted by Crippen LogP contribution is -2.44. The highest BCUT2D eigenvalue weighted by molar-refractivity contribution is 7.85. The maximum atomic E-state index is 10.8. The summed E-state index contributed by atoms with van der Waals surface area (Å²) in [6.07, 6.45) is 4.00. The number of aromatic nitrogens is 2. The molecule has 10 heteroatoms. The van der Waals surface area contributed by atoms with E-state index < -0.39 is 18.9 Å². The zero-order valence-electron chi connectivity index (χ0n) is 16.1. The van der Waals surface area contributed by atoms with Gasteiger partial charge in [-0.05, 0) is 31.4 Å². The Labute approximate surface area is 161 Å². The number of imidazole rings is 1. The minimum Gasteiger partial charge on any atom is -0.377 e. The highest BCUT2D eigenvalue weighted by atomic mass is 32.2. The van der Waals surface area contributed by atoms with E-state index in [0.717, 1.165) is 30.0 Å². The van der Waals surface area contributed by atoms with Crippen molar-refractivity contribution >= 4 is 30.0 Å². The van der Waals surface area contributed by atoms with Crippen LogP contribution in [-0.2, 0) is 36.5 Å². The second-order valence-electron chi connectivity index (χ2n) is 6.38. The Morgan fingerprint density at radius 1 is 1.07 bits per heavy atom. The molecule has 27 heavy (non-hydrogen) atoms. The van der Waals surface area contributed by atoms with Gasteiger partial charge in [-0.15, -0.1) is 0 Å². The fourth-order valence-electron chi connectivity index (χ4n) is 3.19. The van der Waals surface area contributed by atoms with E-state index in [2.05, 4.69) is 15.2 Å². The van der Waals surface area contributed by atoms with Crippen molar-refractivity contribution in [3.05, 3.63) is 30.6 Å². The number of aryl methyl sites for hydroxylation is 2. The van der Waals surface area contributed by atoms with Gasteiger partial charge in [-0.1, -0.05) is 12.1 Å². The number of rotatable bonds is 12. The molecular weight excluding hydrogens is 388 g/mol. The van der Waals surface area contributed by atoms with Gasteiger partial charge in [0.25, 0.3) is 10.1 Å². The predicted molar refractivity (Wildman–Crippen MR) is 104 cm³/mol. The summed E-state index contributed by atoms with van der Waals surface area (Å²) in [5, 5.41) is 0. The Morgan fingerprint density at radius 3 is 2.37 bits per heavy atom. The van der Waals surface area contributed by atoms with Crippen molar-refractivity contribution in [2.75, 3.05) is 27.1 Å². The van der Waals surface area contributed by atoms with E-state index >= 15 is 0 Å². The average Bonchev–Trinajstić information content (AvgIpc) is 3.00. The van der Waals surface area contributed by atoms with E-state index in [1.807, 2.05) is 24.5 Å². The van der Waals surface area contributed by atoms with Gasteiger partial charge in [0.2, 0.25) is 6.33 Å². The second kappa shape index (κ2) is 9.76. The first-order valence-electron chi connectivity index (χ1n) is 8.92. The molecule has 1 aromatic heterocycles. The number of nitrogens with zero attached hydrogens (tertiary/aromatic N) is 2. The molecule has 2 aromatic rings. The normalized spacial score (nSPS) is 12.7. The Balaban J connectivity index is 2.05. The van der Waals surface area contributed by atoms with Crippen LogP contribution in [0.5, 0.6) is 0 Å². The van der Waals surface area contributed by atoms with Crippen LogP contribution >= 0.6 is 0 Å². The van der Waals surface area contributed by atoms with Crippen molar-refractivity contribution in [1.82, 2.24) is 4.57 Å². The highest BCUT2D eigenvalue weighted by Gasteiger charge is 2.37. The maximum absolute atomic E-state index is 10.8. The van der Waals surface area contributed by atoms with Gasteiger partial charge >= 0.3 is 8.80 Å². The number of hydrogen-bond donors (Lipinski definition) is 1. The van der Waals surface area contributed by atoms with E-state index in [0.29, 0.717) is 19.4 Å². The molecule has 8 nitrogen and oxygen atoms in total. The van der Waals surface area contributed by atoms with E-state index in [-0.39, 0.29) is 5.75 Å².